The summed E-state index contributed by atoms with van der Waals surface area (Å²) in [5, 5.41) is 15.8. The first kappa shape index (κ1) is 38.7. The minimum absolute atomic E-state index is 0.0109. The number of nitrogens with two attached hydrogens (primary N) is 1. The van der Waals surface area contributed by atoms with Crippen LogP contribution in [0.4, 0.5) is 9.59 Å². The zero-order valence-electron chi connectivity index (χ0n) is 25.5. The molecule has 1 aliphatic rings. The number of esters is 1. The molecule has 18 heteroatoms. The molecule has 0 spiro atoms. The quantitative estimate of drug-likeness (QED) is 0.133. The Morgan fingerprint density at radius 1 is 1.02 bits per heavy atom. The fraction of sp³-hybridized carbons (Fsp3) is 0.571. The molecule has 1 aliphatic heterocycles. The predicted molar refractivity (Wildman–Crippen MR) is 165 cm³/mol. The second-order valence-electron chi connectivity index (χ2n) is 10.8. The van der Waals surface area contributed by atoms with Crippen LogP contribution in [0.3, 0.4) is 0 Å². The molecule has 1 aromatic rings. The van der Waals surface area contributed by atoms with Gasteiger partial charge in [0.25, 0.3) is 5.91 Å². The van der Waals surface area contributed by atoms with Gasteiger partial charge >= 0.3 is 24.1 Å². The van der Waals surface area contributed by atoms with Crippen molar-refractivity contribution in [1.82, 2.24) is 20.7 Å². The summed E-state index contributed by atoms with van der Waals surface area (Å²) >= 11 is 16.5. The van der Waals surface area contributed by atoms with Crippen molar-refractivity contribution >= 4 is 70.7 Å². The van der Waals surface area contributed by atoms with E-state index in [-0.39, 0.29) is 31.9 Å². The van der Waals surface area contributed by atoms with Crippen LogP contribution in [0.15, 0.2) is 30.3 Å². The molecular formula is C28H38Cl3N5O10. The molecule has 0 bridgehead atoms. The summed E-state index contributed by atoms with van der Waals surface area (Å²) in [6.07, 6.45) is -1.63. The Kier molecular flexibility index (Phi) is 15.1. The SMILES string of the molecule is CC(C)C[C@@H](N)C(=O)N[C@@H](C)C(=O)N1[C@@H](C(=O)OC[C@H](NC(=O)OCC(Cl)(Cl)Cl)C(=O)O)CCCN1C(=O)OCc1ccccc1. The number of hydrogen-bond acceptors (Lipinski definition) is 10. The Morgan fingerprint density at radius 2 is 1.67 bits per heavy atom. The largest absolute Gasteiger partial charge is 0.480 e. The first-order chi connectivity index (χ1) is 21.5. The monoisotopic (exact) mass is 709 g/mol. The first-order valence-corrected chi connectivity index (χ1v) is 15.4. The maximum absolute atomic E-state index is 13.7. The Bertz CT molecular complexity index is 1230. The summed E-state index contributed by atoms with van der Waals surface area (Å²) in [5.41, 5.74) is 6.62. The van der Waals surface area contributed by atoms with Crippen molar-refractivity contribution in [3.63, 3.8) is 0 Å². The van der Waals surface area contributed by atoms with Crippen LogP contribution in [0.5, 0.6) is 0 Å². The molecule has 46 heavy (non-hydrogen) atoms. The van der Waals surface area contributed by atoms with Crippen molar-refractivity contribution in [3.05, 3.63) is 35.9 Å². The average molecular weight is 711 g/mol. The molecule has 4 amide bonds. The number of benzene rings is 1. The fourth-order valence-corrected chi connectivity index (χ4v) is 4.42. The molecule has 0 unspecified atom stereocenters. The van der Waals surface area contributed by atoms with E-state index in [1.165, 1.54) is 6.92 Å². The highest BCUT2D eigenvalue weighted by molar-refractivity contribution is 6.67. The number of amides is 4. The molecule has 256 valence electrons. The van der Waals surface area contributed by atoms with Gasteiger partial charge in [-0.05, 0) is 37.7 Å². The van der Waals surface area contributed by atoms with Gasteiger partial charge in [-0.15, -0.1) is 0 Å². The molecular weight excluding hydrogens is 673 g/mol. The van der Waals surface area contributed by atoms with Gasteiger partial charge in [0.1, 0.15) is 25.9 Å². The van der Waals surface area contributed by atoms with Crippen LogP contribution in [0.25, 0.3) is 0 Å². The van der Waals surface area contributed by atoms with Gasteiger partial charge in [-0.1, -0.05) is 79.0 Å². The molecule has 2 rings (SSSR count). The van der Waals surface area contributed by atoms with E-state index in [0.717, 1.165) is 10.0 Å². The van der Waals surface area contributed by atoms with E-state index in [4.69, 9.17) is 50.0 Å². The third kappa shape index (κ3) is 12.7. The van der Waals surface area contributed by atoms with Crippen LogP contribution < -0.4 is 16.4 Å². The minimum atomic E-state index is -1.95. The van der Waals surface area contributed by atoms with Crippen LogP contribution in [-0.4, -0.2) is 98.8 Å². The molecule has 1 aromatic carbocycles. The van der Waals surface area contributed by atoms with Gasteiger partial charge < -0.3 is 35.7 Å². The maximum atomic E-state index is 13.7. The van der Waals surface area contributed by atoms with Crippen molar-refractivity contribution in [2.24, 2.45) is 11.7 Å². The van der Waals surface area contributed by atoms with Crippen molar-refractivity contribution in [2.45, 2.75) is 74.6 Å². The second kappa shape index (κ2) is 18.0. The van der Waals surface area contributed by atoms with Gasteiger partial charge in [-0.2, -0.15) is 0 Å². The van der Waals surface area contributed by atoms with E-state index >= 15 is 0 Å². The van der Waals surface area contributed by atoms with Crippen LogP contribution in [0.1, 0.15) is 45.6 Å². The molecule has 0 radical (unpaired) electrons. The maximum Gasteiger partial charge on any atom is 0.429 e. The Balaban J connectivity index is 2.24. The third-order valence-corrected chi connectivity index (χ3v) is 6.78. The number of carbonyl (C=O) groups excluding carboxylic acids is 5. The van der Waals surface area contributed by atoms with Gasteiger partial charge in [0.15, 0.2) is 12.1 Å². The average Bonchev–Trinajstić information content (AvgIpc) is 2.99. The molecule has 15 nitrogen and oxygen atoms in total. The van der Waals surface area contributed by atoms with Gasteiger partial charge in [0, 0.05) is 6.54 Å². The number of alkyl halides is 3. The lowest BCUT2D eigenvalue weighted by Gasteiger charge is -2.43. The lowest BCUT2D eigenvalue weighted by Crippen LogP contribution is -2.64. The number of carboxylic acids is 1. The van der Waals surface area contributed by atoms with E-state index in [0.29, 0.717) is 12.0 Å². The Labute approximate surface area is 280 Å². The summed E-state index contributed by atoms with van der Waals surface area (Å²) in [6, 6.07) is 3.37. The number of aliphatic carboxylic acids is 1. The summed E-state index contributed by atoms with van der Waals surface area (Å²) in [4.78, 5) is 76.6. The molecule has 4 atom stereocenters. The van der Waals surface area contributed by atoms with E-state index in [9.17, 15) is 33.9 Å². The normalized spacial score (nSPS) is 16.9. The van der Waals surface area contributed by atoms with Gasteiger partial charge in [-0.25, -0.2) is 29.2 Å². The Hall–Kier alpha value is -3.53. The highest BCUT2D eigenvalue weighted by atomic mass is 35.6. The highest BCUT2D eigenvalue weighted by Crippen LogP contribution is 2.26. The zero-order chi connectivity index (χ0) is 34.6. The van der Waals surface area contributed by atoms with E-state index in [2.05, 4.69) is 10.1 Å². The first-order valence-electron chi connectivity index (χ1n) is 14.3. The van der Waals surface area contributed by atoms with Crippen LogP contribution in [-0.2, 0) is 40.0 Å². The van der Waals surface area contributed by atoms with Gasteiger partial charge in [0.05, 0.1) is 6.04 Å². The van der Waals surface area contributed by atoms with Crippen molar-refractivity contribution in [2.75, 3.05) is 19.8 Å². The second-order valence-corrected chi connectivity index (χ2v) is 13.3. The number of hydrogen-bond donors (Lipinski definition) is 4. The molecule has 0 aliphatic carbocycles. The molecule has 1 fully saturated rings. The van der Waals surface area contributed by atoms with Crippen molar-refractivity contribution in [3.8, 4) is 0 Å². The minimum Gasteiger partial charge on any atom is -0.480 e. The van der Waals surface area contributed by atoms with E-state index in [1.54, 1.807) is 30.3 Å². The number of halogens is 3. The number of nitrogens with zero attached hydrogens (tertiary/aromatic N) is 2. The van der Waals surface area contributed by atoms with Crippen LogP contribution in [0, 0.1) is 5.92 Å². The van der Waals surface area contributed by atoms with Crippen LogP contribution >= 0.6 is 34.8 Å². The molecule has 0 saturated carbocycles. The van der Waals surface area contributed by atoms with Gasteiger partial charge in [-0.3, -0.25) is 9.59 Å². The molecule has 0 aromatic heterocycles. The summed E-state index contributed by atoms with van der Waals surface area (Å²) < 4.78 is 13.3. The number of alkyl carbamates (subject to hydrolysis) is 1. The summed E-state index contributed by atoms with van der Waals surface area (Å²) in [6.45, 7) is 3.38. The molecule has 1 heterocycles. The van der Waals surface area contributed by atoms with Gasteiger partial charge in [0.2, 0.25) is 9.70 Å². The number of hydrazine groups is 1. The Morgan fingerprint density at radius 3 is 2.26 bits per heavy atom. The number of ether oxygens (including phenoxy) is 3. The topological polar surface area (TPSA) is 207 Å². The lowest BCUT2D eigenvalue weighted by molar-refractivity contribution is -0.176. The lowest BCUT2D eigenvalue weighted by atomic mass is 10.0. The van der Waals surface area contributed by atoms with E-state index in [1.807, 2.05) is 19.2 Å². The third-order valence-electron chi connectivity index (χ3n) is 6.46. The highest BCUT2D eigenvalue weighted by Gasteiger charge is 2.43. The van der Waals surface area contributed by atoms with Crippen molar-refractivity contribution < 1.29 is 48.1 Å². The summed E-state index contributed by atoms with van der Waals surface area (Å²) in [7, 11) is 0. The smallest absolute Gasteiger partial charge is 0.429 e. The number of nitrogens with one attached hydrogen (secondary N) is 2. The number of carbonyl (C=O) groups is 6. The number of rotatable bonds is 13. The molecule has 1 saturated heterocycles. The summed E-state index contributed by atoms with van der Waals surface area (Å²) in [5.74, 6) is -4.04. The zero-order valence-corrected chi connectivity index (χ0v) is 27.7. The fourth-order valence-electron chi connectivity index (χ4n) is 4.26. The van der Waals surface area contributed by atoms with Crippen LogP contribution in [0.2, 0.25) is 0 Å². The standard InChI is InChI=1S/C28H38Cl3N5O10/c1-16(2)12-19(32)22(37)33-17(3)23(38)36-21(10-7-11-35(36)27(43)45-13-18-8-5-4-6-9-18)25(41)44-14-20(24(39)40)34-26(42)46-15-28(29,30)31/h4-6,8-9,16-17,19-21H,7,10-15,32H2,1-3H3,(H,33,37)(H,34,42)(H,39,40)/t17-,19+,20-,21+/m0/s1. The number of carboxylic acid groups (broad SMARTS) is 1. The van der Waals surface area contributed by atoms with E-state index < -0.39 is 77.1 Å². The molecule has 5 N–H and O–H groups in total. The van der Waals surface area contributed by atoms with Crippen molar-refractivity contribution in [1.29, 1.82) is 0 Å². The predicted octanol–water partition coefficient (Wildman–Crippen LogP) is 2.50.